The van der Waals surface area contributed by atoms with Gasteiger partial charge in [-0.25, -0.2) is 0 Å². The number of rotatable bonds is 6. The number of amides is 2. The van der Waals surface area contributed by atoms with Crippen LogP contribution in [0.5, 0.6) is 5.75 Å². The number of nitrogens with zero attached hydrogens (tertiary/aromatic N) is 1. The van der Waals surface area contributed by atoms with Crippen molar-refractivity contribution in [2.45, 2.75) is 32.5 Å². The summed E-state index contributed by atoms with van der Waals surface area (Å²) in [6, 6.07) is 13.4. The minimum absolute atomic E-state index is 0.246. The molecule has 2 heterocycles. The van der Waals surface area contributed by atoms with E-state index in [4.69, 9.17) is 32.7 Å². The van der Waals surface area contributed by atoms with E-state index in [-0.39, 0.29) is 24.0 Å². The van der Waals surface area contributed by atoms with E-state index in [0.717, 1.165) is 10.4 Å². The summed E-state index contributed by atoms with van der Waals surface area (Å²) in [7, 11) is 0. The zero-order valence-electron chi connectivity index (χ0n) is 18.9. The van der Waals surface area contributed by atoms with Crippen LogP contribution < -0.4 is 15.4 Å². The summed E-state index contributed by atoms with van der Waals surface area (Å²) >= 11 is 13.2. The van der Waals surface area contributed by atoms with E-state index in [2.05, 4.69) is 16.7 Å². The van der Waals surface area contributed by atoms with Gasteiger partial charge in [-0.3, -0.25) is 9.59 Å². The first-order valence-electron chi connectivity index (χ1n) is 10.6. The van der Waals surface area contributed by atoms with Gasteiger partial charge >= 0.3 is 0 Å². The molecule has 0 bridgehead atoms. The van der Waals surface area contributed by atoms with Crippen molar-refractivity contribution in [2.75, 3.05) is 17.2 Å². The topological polar surface area (TPSA) is 100 Å². The molecule has 10 heteroatoms. The molecule has 3 aromatic rings. The zero-order valence-corrected chi connectivity index (χ0v) is 21.2. The fourth-order valence-electron chi connectivity index (χ4n) is 3.57. The van der Waals surface area contributed by atoms with E-state index >= 15 is 0 Å². The van der Waals surface area contributed by atoms with Crippen LogP contribution in [0.3, 0.4) is 0 Å². The van der Waals surface area contributed by atoms with Crippen molar-refractivity contribution >= 4 is 57.0 Å². The number of hydrogen-bond donors (Lipinski definition) is 2. The highest BCUT2D eigenvalue weighted by molar-refractivity contribution is 7.16. The summed E-state index contributed by atoms with van der Waals surface area (Å²) in [5.41, 5.74) is 1.96. The van der Waals surface area contributed by atoms with E-state index < -0.39 is 0 Å². The molecule has 0 saturated carbocycles. The van der Waals surface area contributed by atoms with Crippen molar-refractivity contribution in [3.63, 3.8) is 0 Å². The molecule has 0 spiro atoms. The Morgan fingerprint density at radius 2 is 1.91 bits per heavy atom. The molecule has 0 atom stereocenters. The molecule has 1 aromatic heterocycles. The first-order chi connectivity index (χ1) is 16.6. The van der Waals surface area contributed by atoms with Crippen LogP contribution in [0, 0.1) is 11.3 Å². The molecule has 0 aliphatic carbocycles. The number of carbonyl (C=O) groups excluding carboxylic acids is 2. The first kappa shape index (κ1) is 25.0. The third kappa shape index (κ3) is 5.95. The van der Waals surface area contributed by atoms with Crippen LogP contribution in [0.25, 0.3) is 0 Å². The molecule has 0 fully saturated rings. The van der Waals surface area contributed by atoms with Gasteiger partial charge in [-0.15, -0.1) is 11.3 Å². The molecular weight excluding hydrogens is 509 g/mol. The lowest BCUT2D eigenvalue weighted by Crippen LogP contribution is -2.31. The number of fused-ring (bicyclic) bond motifs is 1. The number of nitrogens with one attached hydrogen (secondary N) is 2. The summed E-state index contributed by atoms with van der Waals surface area (Å²) in [4.78, 5) is 26.0. The highest BCUT2D eigenvalue weighted by Crippen LogP contribution is 2.40. The lowest BCUT2D eigenvalue weighted by atomic mass is 9.93. The molecule has 2 N–H and O–H groups in total. The maximum Gasteiger partial charge on any atom is 0.262 e. The average molecular weight is 530 g/mol. The van der Waals surface area contributed by atoms with Gasteiger partial charge in [0.2, 0.25) is 0 Å². The summed E-state index contributed by atoms with van der Waals surface area (Å²) in [5, 5.41) is 16.5. The molecule has 0 radical (unpaired) electrons. The molecule has 180 valence electrons. The first-order valence-corrected chi connectivity index (χ1v) is 12.2. The number of benzene rings is 2. The fraction of sp³-hybridized carbons (Fsp3) is 0.240. The molecular formula is C25H21Cl2N3O4S. The number of nitriles is 1. The molecule has 4 rings (SSSR count). The van der Waals surface area contributed by atoms with Crippen molar-refractivity contribution in [1.82, 2.24) is 0 Å². The largest absolute Gasteiger partial charge is 0.482 e. The molecule has 0 unspecified atom stereocenters. The van der Waals surface area contributed by atoms with Crippen molar-refractivity contribution in [1.29, 1.82) is 5.26 Å². The number of carbonyl (C=O) groups is 2. The quantitative estimate of drug-likeness (QED) is 0.404. The molecule has 2 amide bonds. The van der Waals surface area contributed by atoms with Gasteiger partial charge in [0.15, 0.2) is 6.61 Å². The van der Waals surface area contributed by atoms with Gasteiger partial charge < -0.3 is 20.1 Å². The van der Waals surface area contributed by atoms with Gasteiger partial charge in [-0.1, -0.05) is 23.2 Å². The summed E-state index contributed by atoms with van der Waals surface area (Å²) in [6.07, 6.45) is 0.611. The van der Waals surface area contributed by atoms with Gasteiger partial charge in [0.05, 0.1) is 22.8 Å². The maximum atomic E-state index is 12.8. The Bertz CT molecular complexity index is 1330. The Kier molecular flexibility index (Phi) is 7.33. The van der Waals surface area contributed by atoms with Crippen LogP contribution in [0.1, 0.15) is 40.2 Å². The van der Waals surface area contributed by atoms with Crippen LogP contribution >= 0.6 is 34.5 Å². The maximum absolute atomic E-state index is 12.8. The van der Waals surface area contributed by atoms with Crippen molar-refractivity contribution in [2.24, 2.45) is 0 Å². The van der Waals surface area contributed by atoms with Gasteiger partial charge in [0.1, 0.15) is 16.8 Å². The van der Waals surface area contributed by atoms with E-state index in [0.29, 0.717) is 50.6 Å². The van der Waals surface area contributed by atoms with Gasteiger partial charge in [0, 0.05) is 27.6 Å². The minimum atomic E-state index is -0.388. The fourth-order valence-corrected chi connectivity index (χ4v) is 5.11. The molecule has 7 nitrogen and oxygen atoms in total. The van der Waals surface area contributed by atoms with E-state index in [1.165, 1.54) is 17.4 Å². The number of thiophene rings is 1. The predicted molar refractivity (Wildman–Crippen MR) is 137 cm³/mol. The lowest BCUT2D eigenvalue weighted by molar-refractivity contribution is -0.118. The lowest BCUT2D eigenvalue weighted by Gasteiger charge is -2.29. The Balaban J connectivity index is 1.37. The van der Waals surface area contributed by atoms with Crippen molar-refractivity contribution < 1.29 is 19.1 Å². The Labute approximate surface area is 216 Å². The van der Waals surface area contributed by atoms with Gasteiger partial charge in [-0.05, 0) is 61.9 Å². The second kappa shape index (κ2) is 10.3. The highest BCUT2D eigenvalue weighted by atomic mass is 35.5. The van der Waals surface area contributed by atoms with Crippen LogP contribution in [0.2, 0.25) is 10.0 Å². The molecule has 1 aliphatic heterocycles. The Hall–Kier alpha value is -3.09. The van der Waals surface area contributed by atoms with Crippen LogP contribution in [0.4, 0.5) is 10.7 Å². The standard InChI is InChI=1S/C25H21Cl2N3O4S/c1-25(2)10-17-18(11-28)24(35-21(17)12-34-25)30-23(32)14-3-6-16(7-4-14)29-22(31)13-33-20-8-5-15(26)9-19(20)27/h3-9H,10,12-13H2,1-2H3,(H,29,31)(H,30,32). The van der Waals surface area contributed by atoms with Gasteiger partial charge in [0.25, 0.3) is 11.8 Å². The van der Waals surface area contributed by atoms with E-state index in [1.807, 2.05) is 13.8 Å². The molecule has 2 aromatic carbocycles. The smallest absolute Gasteiger partial charge is 0.262 e. The summed E-state index contributed by atoms with van der Waals surface area (Å²) in [5.74, 6) is -0.389. The number of anilines is 2. The third-order valence-corrected chi connectivity index (χ3v) is 6.96. The molecule has 35 heavy (non-hydrogen) atoms. The van der Waals surface area contributed by atoms with Crippen molar-refractivity contribution in [3.05, 3.63) is 74.1 Å². The van der Waals surface area contributed by atoms with Crippen LogP contribution in [-0.4, -0.2) is 24.0 Å². The minimum Gasteiger partial charge on any atom is -0.482 e. The summed E-state index contributed by atoms with van der Waals surface area (Å²) in [6.45, 7) is 4.13. The predicted octanol–water partition coefficient (Wildman–Crippen LogP) is 6.05. The second-order valence-electron chi connectivity index (χ2n) is 8.49. The van der Waals surface area contributed by atoms with E-state index in [9.17, 15) is 14.9 Å². The average Bonchev–Trinajstić information content (AvgIpc) is 3.13. The Morgan fingerprint density at radius 3 is 2.60 bits per heavy atom. The van der Waals surface area contributed by atoms with E-state index in [1.54, 1.807) is 36.4 Å². The normalized spacial score (nSPS) is 13.9. The highest BCUT2D eigenvalue weighted by Gasteiger charge is 2.31. The molecule has 1 aliphatic rings. The third-order valence-electron chi connectivity index (χ3n) is 5.31. The van der Waals surface area contributed by atoms with Gasteiger partial charge in [-0.2, -0.15) is 5.26 Å². The Morgan fingerprint density at radius 1 is 1.17 bits per heavy atom. The van der Waals surface area contributed by atoms with Crippen molar-refractivity contribution in [3.8, 4) is 11.8 Å². The number of halogens is 2. The monoisotopic (exact) mass is 529 g/mol. The number of ether oxygens (including phenoxy) is 2. The number of hydrogen-bond acceptors (Lipinski definition) is 6. The zero-order chi connectivity index (χ0) is 25.2. The SMILES string of the molecule is CC1(C)Cc2c(sc(NC(=O)c3ccc(NC(=O)COc4ccc(Cl)cc4Cl)cc3)c2C#N)CO1. The summed E-state index contributed by atoms with van der Waals surface area (Å²) < 4.78 is 11.2. The molecule has 0 saturated heterocycles. The van der Waals surface area contributed by atoms with Crippen LogP contribution in [-0.2, 0) is 22.6 Å². The van der Waals surface area contributed by atoms with Crippen LogP contribution in [0.15, 0.2) is 42.5 Å². The second-order valence-corrected chi connectivity index (χ2v) is 10.4.